The summed E-state index contributed by atoms with van der Waals surface area (Å²) in [5.74, 6) is -0.676. The van der Waals surface area contributed by atoms with E-state index in [-0.39, 0.29) is 23.9 Å². The average Bonchev–Trinajstić information content (AvgIpc) is 3.85. The number of rotatable bonds is 14. The third-order valence-electron chi connectivity index (χ3n) is 9.49. The summed E-state index contributed by atoms with van der Waals surface area (Å²) in [6, 6.07) is 27.0. The maximum atomic E-state index is 13.3. The molecule has 2 aliphatic carbocycles. The fourth-order valence-electron chi connectivity index (χ4n) is 6.60. The summed E-state index contributed by atoms with van der Waals surface area (Å²) in [7, 11) is 0. The van der Waals surface area contributed by atoms with Gasteiger partial charge in [-0.25, -0.2) is 0 Å². The van der Waals surface area contributed by atoms with Gasteiger partial charge in [0.1, 0.15) is 0 Å². The standard InChI is InChI=1S/C38H47BrO4S/c1-4-42-37(40)36(31-15-18-35(33(39)25-31)44-32-16-17-32)27(3)26(2)23-29-19-21-38(41,22-20-29)43-34(30-13-9-6-10-14-30)24-28-11-7-5-8-12-28/h5-15,18,25-27,29,32,34,36,41H,4,16-17,19-24H2,1-3H3/t26?,27?,29?,34-,36?,38?/m1/s1. The number of thioether (sulfide) groups is 1. The number of carbonyl (C=O) groups excluding carboxylic acids is 1. The van der Waals surface area contributed by atoms with Crippen LogP contribution in [0.4, 0.5) is 0 Å². The summed E-state index contributed by atoms with van der Waals surface area (Å²) in [5.41, 5.74) is 3.30. The fraction of sp³-hybridized carbons (Fsp3) is 0.500. The predicted octanol–water partition coefficient (Wildman–Crippen LogP) is 9.89. The SMILES string of the molecule is CCOC(=O)C(c1ccc(SC2CC2)c(Br)c1)C(C)C(C)CC1CCC(O)(O[C@H](Cc2ccccc2)c2ccccc2)CC1. The number of carbonyl (C=O) groups is 1. The molecule has 4 atom stereocenters. The Balaban J connectivity index is 1.21. The number of benzene rings is 3. The first-order chi connectivity index (χ1) is 21.2. The van der Waals surface area contributed by atoms with Gasteiger partial charge in [0, 0.05) is 33.9 Å². The van der Waals surface area contributed by atoms with Gasteiger partial charge in [-0.3, -0.25) is 4.79 Å². The van der Waals surface area contributed by atoms with Crippen molar-refractivity contribution >= 4 is 33.7 Å². The molecule has 3 aromatic carbocycles. The number of aliphatic hydroxyl groups is 1. The quantitative estimate of drug-likeness (QED) is 0.136. The number of hydrogen-bond donors (Lipinski definition) is 1. The maximum Gasteiger partial charge on any atom is 0.313 e. The Kier molecular flexibility index (Phi) is 11.7. The van der Waals surface area contributed by atoms with E-state index in [4.69, 9.17) is 9.47 Å². The van der Waals surface area contributed by atoms with Gasteiger partial charge in [-0.1, -0.05) is 80.6 Å². The van der Waals surface area contributed by atoms with Gasteiger partial charge in [-0.05, 0) is 102 Å². The molecule has 4 nitrogen and oxygen atoms in total. The van der Waals surface area contributed by atoms with Crippen LogP contribution < -0.4 is 0 Å². The predicted molar refractivity (Wildman–Crippen MR) is 183 cm³/mol. The van der Waals surface area contributed by atoms with Gasteiger partial charge in [0.2, 0.25) is 0 Å². The van der Waals surface area contributed by atoms with Crippen LogP contribution in [0.25, 0.3) is 0 Å². The van der Waals surface area contributed by atoms with E-state index in [1.54, 1.807) is 0 Å². The molecule has 0 amide bonds. The van der Waals surface area contributed by atoms with E-state index in [1.165, 1.54) is 23.3 Å². The lowest BCUT2D eigenvalue weighted by molar-refractivity contribution is -0.251. The van der Waals surface area contributed by atoms with Crippen LogP contribution in [0, 0.1) is 17.8 Å². The third-order valence-corrected chi connectivity index (χ3v) is 11.8. The molecule has 0 heterocycles. The second-order valence-corrected chi connectivity index (χ2v) is 15.1. The molecule has 44 heavy (non-hydrogen) atoms. The zero-order valence-corrected chi connectivity index (χ0v) is 28.7. The van der Waals surface area contributed by atoms with E-state index in [2.05, 4.69) is 72.2 Å². The Morgan fingerprint density at radius 1 is 0.955 bits per heavy atom. The third kappa shape index (κ3) is 8.99. The fourth-order valence-corrected chi connectivity index (χ4v) is 8.32. The lowest BCUT2D eigenvalue weighted by atomic mass is 9.73. The minimum Gasteiger partial charge on any atom is -0.466 e. The van der Waals surface area contributed by atoms with E-state index in [9.17, 15) is 9.90 Å². The smallest absolute Gasteiger partial charge is 0.313 e. The Morgan fingerprint density at radius 2 is 1.61 bits per heavy atom. The number of ether oxygens (including phenoxy) is 2. The molecule has 0 aliphatic heterocycles. The Bertz CT molecular complexity index is 1340. The van der Waals surface area contributed by atoms with Crippen molar-refractivity contribution in [3.8, 4) is 0 Å². The molecule has 0 spiro atoms. The first kappa shape index (κ1) is 33.2. The molecule has 0 radical (unpaired) electrons. The monoisotopic (exact) mass is 678 g/mol. The van der Waals surface area contributed by atoms with Gasteiger partial charge in [0.05, 0.1) is 18.6 Å². The summed E-state index contributed by atoms with van der Waals surface area (Å²) in [4.78, 5) is 14.6. The molecular weight excluding hydrogens is 632 g/mol. The maximum absolute atomic E-state index is 13.3. The zero-order valence-electron chi connectivity index (χ0n) is 26.3. The highest BCUT2D eigenvalue weighted by atomic mass is 79.9. The molecule has 2 aliphatic rings. The van der Waals surface area contributed by atoms with Gasteiger partial charge >= 0.3 is 5.97 Å². The Morgan fingerprint density at radius 3 is 2.23 bits per heavy atom. The number of halogens is 1. The van der Waals surface area contributed by atoms with E-state index in [0.717, 1.165) is 46.5 Å². The van der Waals surface area contributed by atoms with Crippen LogP contribution >= 0.6 is 27.7 Å². The second kappa shape index (κ2) is 15.4. The average molecular weight is 680 g/mol. The Hall–Kier alpha value is -2.12. The van der Waals surface area contributed by atoms with Crippen molar-refractivity contribution < 1.29 is 19.4 Å². The van der Waals surface area contributed by atoms with Gasteiger partial charge in [-0.2, -0.15) is 0 Å². The first-order valence-electron chi connectivity index (χ1n) is 16.4. The largest absolute Gasteiger partial charge is 0.466 e. The highest BCUT2D eigenvalue weighted by molar-refractivity contribution is 9.10. The van der Waals surface area contributed by atoms with Crippen molar-refractivity contribution in [2.24, 2.45) is 17.8 Å². The number of esters is 1. The van der Waals surface area contributed by atoms with E-state index in [1.807, 2.05) is 55.1 Å². The van der Waals surface area contributed by atoms with Crippen LogP contribution in [-0.2, 0) is 20.7 Å². The molecule has 2 saturated carbocycles. The van der Waals surface area contributed by atoms with Gasteiger partial charge in [0.15, 0.2) is 5.79 Å². The lowest BCUT2D eigenvalue weighted by Gasteiger charge is -2.40. The molecule has 6 heteroatoms. The van der Waals surface area contributed by atoms with Gasteiger partial charge < -0.3 is 14.6 Å². The zero-order chi connectivity index (χ0) is 31.1. The molecule has 1 N–H and O–H groups in total. The van der Waals surface area contributed by atoms with Gasteiger partial charge in [0.25, 0.3) is 0 Å². The Labute approximate surface area is 276 Å². The lowest BCUT2D eigenvalue weighted by Crippen LogP contribution is -2.39. The molecule has 0 bridgehead atoms. The van der Waals surface area contributed by atoms with Crippen LogP contribution in [0.15, 0.2) is 88.2 Å². The summed E-state index contributed by atoms with van der Waals surface area (Å²) in [6.07, 6.45) is 7.13. The normalized spacial score (nSPS) is 23.0. The second-order valence-electron chi connectivity index (χ2n) is 12.9. The van der Waals surface area contributed by atoms with Crippen molar-refractivity contribution in [3.05, 3.63) is 100 Å². The minimum atomic E-state index is -1.14. The highest BCUT2D eigenvalue weighted by Crippen LogP contribution is 2.45. The summed E-state index contributed by atoms with van der Waals surface area (Å²) >= 11 is 5.70. The van der Waals surface area contributed by atoms with Crippen LogP contribution in [0.5, 0.6) is 0 Å². The van der Waals surface area contributed by atoms with Crippen LogP contribution in [-0.4, -0.2) is 28.7 Å². The van der Waals surface area contributed by atoms with Crippen LogP contribution in [0.2, 0.25) is 0 Å². The van der Waals surface area contributed by atoms with Crippen molar-refractivity contribution in [1.29, 1.82) is 0 Å². The molecule has 3 unspecified atom stereocenters. The molecule has 236 valence electrons. The van der Waals surface area contributed by atoms with Crippen molar-refractivity contribution in [2.75, 3.05) is 6.61 Å². The van der Waals surface area contributed by atoms with Crippen molar-refractivity contribution in [2.45, 2.75) is 100 Å². The highest BCUT2D eigenvalue weighted by Gasteiger charge is 2.39. The molecule has 0 saturated heterocycles. The molecule has 3 aromatic rings. The molecular formula is C38H47BrO4S. The summed E-state index contributed by atoms with van der Waals surface area (Å²) in [6.45, 7) is 6.72. The van der Waals surface area contributed by atoms with Crippen molar-refractivity contribution in [3.63, 3.8) is 0 Å². The van der Waals surface area contributed by atoms with Crippen LogP contribution in [0.1, 0.15) is 94.4 Å². The summed E-state index contributed by atoms with van der Waals surface area (Å²) in [5, 5.41) is 12.4. The van der Waals surface area contributed by atoms with Crippen molar-refractivity contribution in [1.82, 2.24) is 0 Å². The van der Waals surface area contributed by atoms with E-state index in [0.29, 0.717) is 31.3 Å². The first-order valence-corrected chi connectivity index (χ1v) is 18.0. The molecule has 2 fully saturated rings. The topological polar surface area (TPSA) is 55.8 Å². The van der Waals surface area contributed by atoms with E-state index >= 15 is 0 Å². The van der Waals surface area contributed by atoms with Gasteiger partial charge in [-0.15, -0.1) is 11.8 Å². The number of hydrogen-bond acceptors (Lipinski definition) is 5. The molecule has 0 aromatic heterocycles. The van der Waals surface area contributed by atoms with Crippen LogP contribution in [0.3, 0.4) is 0 Å². The van der Waals surface area contributed by atoms with E-state index < -0.39 is 5.79 Å². The molecule has 5 rings (SSSR count). The summed E-state index contributed by atoms with van der Waals surface area (Å²) < 4.78 is 13.2. The minimum absolute atomic E-state index is 0.119.